The van der Waals surface area contributed by atoms with Crippen molar-refractivity contribution in [2.45, 2.75) is 163 Å². The van der Waals surface area contributed by atoms with E-state index in [0.717, 1.165) is 24.7 Å². The van der Waals surface area contributed by atoms with Gasteiger partial charge in [0, 0.05) is 27.7 Å². The molecule has 6 nitrogen and oxygen atoms in total. The van der Waals surface area contributed by atoms with Crippen LogP contribution in [0.3, 0.4) is 0 Å². The van der Waals surface area contributed by atoms with E-state index in [0.29, 0.717) is 13.2 Å². The maximum atomic E-state index is 6.69. The predicted molar refractivity (Wildman–Crippen MR) is 191 cm³/mol. The molecule has 4 unspecified atom stereocenters. The second kappa shape index (κ2) is 13.3. The highest BCUT2D eigenvalue weighted by atomic mass is 16.7. The Kier molecular flexibility index (Phi) is 10.7. The summed E-state index contributed by atoms with van der Waals surface area (Å²) in [5.74, 6) is 1.85. The van der Waals surface area contributed by atoms with E-state index in [1.165, 1.54) is 33.4 Å². The lowest BCUT2D eigenvalue weighted by atomic mass is 9.69. The third-order valence-corrected chi connectivity index (χ3v) is 9.26. The van der Waals surface area contributed by atoms with Crippen LogP contribution in [-0.4, -0.2) is 51.2 Å². The molecular formula is C41H64O6. The van der Waals surface area contributed by atoms with Crippen molar-refractivity contribution in [1.82, 2.24) is 0 Å². The second-order valence-corrected chi connectivity index (χ2v) is 18.4. The predicted octanol–water partition coefficient (Wildman–Crippen LogP) is 9.48. The summed E-state index contributed by atoms with van der Waals surface area (Å²) in [5, 5.41) is 0. The van der Waals surface area contributed by atoms with Gasteiger partial charge in [-0.15, -0.1) is 0 Å². The Bertz CT molecular complexity index is 1210. The monoisotopic (exact) mass is 652 g/mol. The minimum Gasteiger partial charge on any atom is -0.465 e. The molecule has 2 heterocycles. The van der Waals surface area contributed by atoms with Gasteiger partial charge in [0.25, 0.3) is 0 Å². The Balaban J connectivity index is 1.87. The molecule has 6 heteroatoms. The van der Waals surface area contributed by atoms with Crippen molar-refractivity contribution in [2.24, 2.45) is 0 Å². The van der Waals surface area contributed by atoms with E-state index in [1.807, 2.05) is 13.8 Å². The van der Waals surface area contributed by atoms with E-state index in [2.05, 4.69) is 121 Å². The molecular weight excluding hydrogens is 588 g/mol. The number of hydrogen-bond acceptors (Lipinski definition) is 6. The van der Waals surface area contributed by atoms with Crippen molar-refractivity contribution in [2.75, 3.05) is 26.4 Å². The highest BCUT2D eigenvalue weighted by Gasteiger charge is 2.37. The van der Waals surface area contributed by atoms with Crippen LogP contribution in [0.4, 0.5) is 0 Å². The SMILES string of the molecule is CC(OCC1CO1)Oc1c(C(C)(C)C)cc(C(C)(C)c2cc(C(C)(C)C)c(OC(C)OCC3CO3)c(C(C)(C)C)c2)cc1C(C)(C)C. The van der Waals surface area contributed by atoms with Crippen LogP contribution in [0, 0.1) is 0 Å². The van der Waals surface area contributed by atoms with Gasteiger partial charge in [-0.3, -0.25) is 0 Å². The summed E-state index contributed by atoms with van der Waals surface area (Å²) in [5.41, 5.74) is 6.29. The van der Waals surface area contributed by atoms with Gasteiger partial charge in [0.15, 0.2) is 12.6 Å². The Morgan fingerprint density at radius 1 is 0.532 bits per heavy atom. The first-order chi connectivity index (χ1) is 21.4. The number of hydrogen-bond donors (Lipinski definition) is 0. The summed E-state index contributed by atoms with van der Waals surface area (Å²) < 4.78 is 36.2. The fraction of sp³-hybridized carbons (Fsp3) is 0.707. The van der Waals surface area contributed by atoms with Gasteiger partial charge in [-0.2, -0.15) is 0 Å². The van der Waals surface area contributed by atoms with E-state index in [1.54, 1.807) is 0 Å². The van der Waals surface area contributed by atoms with Crippen LogP contribution >= 0.6 is 0 Å². The average molecular weight is 653 g/mol. The molecule has 4 rings (SSSR count). The Morgan fingerprint density at radius 2 is 0.787 bits per heavy atom. The third-order valence-electron chi connectivity index (χ3n) is 9.26. The second-order valence-electron chi connectivity index (χ2n) is 18.4. The lowest BCUT2D eigenvalue weighted by Crippen LogP contribution is -2.29. The third kappa shape index (κ3) is 9.53. The molecule has 2 aliphatic rings. The molecule has 2 aromatic rings. The van der Waals surface area contributed by atoms with Crippen LogP contribution < -0.4 is 9.47 Å². The van der Waals surface area contributed by atoms with Crippen molar-refractivity contribution in [3.05, 3.63) is 57.6 Å². The zero-order valence-electron chi connectivity index (χ0n) is 32.4. The molecule has 2 aliphatic heterocycles. The van der Waals surface area contributed by atoms with Crippen molar-refractivity contribution in [3.8, 4) is 11.5 Å². The van der Waals surface area contributed by atoms with Crippen molar-refractivity contribution in [3.63, 3.8) is 0 Å². The zero-order valence-corrected chi connectivity index (χ0v) is 32.4. The van der Waals surface area contributed by atoms with Gasteiger partial charge in [0.1, 0.15) is 23.7 Å². The molecule has 0 aliphatic carbocycles. The average Bonchev–Trinajstić information content (AvgIpc) is 3.83. The summed E-state index contributed by atoms with van der Waals surface area (Å²) in [6, 6.07) is 9.48. The zero-order chi connectivity index (χ0) is 35.3. The largest absolute Gasteiger partial charge is 0.465 e. The van der Waals surface area contributed by atoms with Gasteiger partial charge in [0.05, 0.1) is 26.4 Å². The maximum absolute atomic E-state index is 6.69. The van der Waals surface area contributed by atoms with Crippen LogP contribution in [0.25, 0.3) is 0 Å². The van der Waals surface area contributed by atoms with Crippen molar-refractivity contribution < 1.29 is 28.4 Å². The molecule has 0 aromatic heterocycles. The molecule has 2 fully saturated rings. The topological polar surface area (TPSA) is 62.0 Å². The van der Waals surface area contributed by atoms with E-state index in [-0.39, 0.29) is 51.9 Å². The van der Waals surface area contributed by atoms with Gasteiger partial charge >= 0.3 is 0 Å². The van der Waals surface area contributed by atoms with Gasteiger partial charge in [-0.05, 0) is 46.6 Å². The molecule has 0 spiro atoms. The number of benzene rings is 2. The number of ether oxygens (including phenoxy) is 6. The fourth-order valence-electron chi connectivity index (χ4n) is 5.84. The first kappa shape index (κ1) is 37.7. The minimum atomic E-state index is -0.389. The smallest absolute Gasteiger partial charge is 0.197 e. The number of epoxide rings is 2. The van der Waals surface area contributed by atoms with Gasteiger partial charge in [-0.1, -0.05) is 121 Å². The minimum absolute atomic E-state index is 0.159. The summed E-state index contributed by atoms with van der Waals surface area (Å²) in [4.78, 5) is 0. The Labute approximate surface area is 286 Å². The van der Waals surface area contributed by atoms with Gasteiger partial charge in [-0.25, -0.2) is 0 Å². The van der Waals surface area contributed by atoms with Crippen LogP contribution in [0.1, 0.15) is 144 Å². The van der Waals surface area contributed by atoms with E-state index < -0.39 is 0 Å². The molecule has 0 bridgehead atoms. The maximum Gasteiger partial charge on any atom is 0.197 e. The first-order valence-corrected chi connectivity index (χ1v) is 17.6. The van der Waals surface area contributed by atoms with Crippen LogP contribution in [0.5, 0.6) is 11.5 Å². The van der Waals surface area contributed by atoms with Crippen molar-refractivity contribution >= 4 is 0 Å². The molecule has 0 radical (unpaired) electrons. The summed E-state index contributed by atoms with van der Waals surface area (Å²) in [7, 11) is 0. The Hall–Kier alpha value is -2.12. The normalized spacial score (nSPS) is 20.2. The molecule has 0 saturated carbocycles. The fourth-order valence-corrected chi connectivity index (χ4v) is 5.84. The van der Waals surface area contributed by atoms with Gasteiger partial charge in [0.2, 0.25) is 0 Å². The Morgan fingerprint density at radius 3 is 1.00 bits per heavy atom. The molecule has 264 valence electrons. The highest BCUT2D eigenvalue weighted by molar-refractivity contribution is 5.57. The molecule has 0 N–H and O–H groups in total. The molecule has 0 amide bonds. The standard InChI is InChI=1S/C41H64O6/c1-25(42-21-29-23-44-29)46-35-31(37(3,4)5)17-27(18-32(35)38(6,7)8)41(15,16)28-19-33(39(9,10)11)36(34(20-28)40(12,13)14)47-26(2)43-22-30-24-45-30/h17-20,25-26,29-30H,21-24H2,1-16H3. The summed E-state index contributed by atoms with van der Waals surface area (Å²) in [6.07, 6.45) is -0.400. The lowest BCUT2D eigenvalue weighted by Gasteiger charge is -2.37. The molecule has 2 aromatic carbocycles. The van der Waals surface area contributed by atoms with Crippen LogP contribution in [-0.2, 0) is 46.0 Å². The molecule has 4 atom stereocenters. The first-order valence-electron chi connectivity index (χ1n) is 17.6. The molecule has 2 saturated heterocycles. The van der Waals surface area contributed by atoms with E-state index in [9.17, 15) is 0 Å². The number of rotatable bonds is 12. The van der Waals surface area contributed by atoms with Crippen molar-refractivity contribution in [1.29, 1.82) is 0 Å². The lowest BCUT2D eigenvalue weighted by molar-refractivity contribution is -0.0726. The van der Waals surface area contributed by atoms with Crippen LogP contribution in [0.15, 0.2) is 24.3 Å². The summed E-state index contributed by atoms with van der Waals surface area (Å²) >= 11 is 0. The molecule has 47 heavy (non-hydrogen) atoms. The quantitative estimate of drug-likeness (QED) is 0.168. The van der Waals surface area contributed by atoms with Crippen LogP contribution in [0.2, 0.25) is 0 Å². The van der Waals surface area contributed by atoms with E-state index >= 15 is 0 Å². The van der Waals surface area contributed by atoms with Gasteiger partial charge < -0.3 is 28.4 Å². The highest BCUT2D eigenvalue weighted by Crippen LogP contribution is 2.48. The van der Waals surface area contributed by atoms with E-state index in [4.69, 9.17) is 28.4 Å². The summed E-state index contributed by atoms with van der Waals surface area (Å²) in [6.45, 7) is 38.5.